The zero-order valence-electron chi connectivity index (χ0n) is 17.8. The number of carbonyl (C=O) groups is 1. The zero-order valence-corrected chi connectivity index (χ0v) is 18.6. The Labute approximate surface area is 188 Å². The van der Waals surface area contributed by atoms with Crippen molar-refractivity contribution in [3.05, 3.63) is 82.0 Å². The van der Waals surface area contributed by atoms with Crippen LogP contribution in [0.5, 0.6) is 0 Å². The van der Waals surface area contributed by atoms with Crippen molar-refractivity contribution in [2.24, 2.45) is 0 Å². The summed E-state index contributed by atoms with van der Waals surface area (Å²) in [5.41, 5.74) is 1.62. The summed E-state index contributed by atoms with van der Waals surface area (Å²) in [6, 6.07) is 14.0. The topological polar surface area (TPSA) is 111 Å². The Morgan fingerprint density at radius 3 is 2.45 bits per heavy atom. The van der Waals surface area contributed by atoms with Crippen LogP contribution in [0, 0.1) is 12.7 Å². The Morgan fingerprint density at radius 2 is 1.82 bits per heavy atom. The minimum Gasteiger partial charge on any atom is -0.480 e. The summed E-state index contributed by atoms with van der Waals surface area (Å²) in [5.74, 6) is -1.97. The minimum atomic E-state index is -3.88. The molecule has 2 aromatic carbocycles. The van der Waals surface area contributed by atoms with Crippen LogP contribution in [0.2, 0.25) is 0 Å². The highest BCUT2D eigenvalue weighted by atomic mass is 32.2. The van der Waals surface area contributed by atoms with Crippen molar-refractivity contribution in [2.75, 3.05) is 6.26 Å². The smallest absolute Gasteiger partial charge is 0.323 e. The molecule has 4 aromatic rings. The molecule has 2 aromatic heterocycles. The molecule has 0 aliphatic rings. The van der Waals surface area contributed by atoms with E-state index in [1.54, 1.807) is 6.92 Å². The molecule has 4 rings (SSSR count). The first-order valence-corrected chi connectivity index (χ1v) is 11.8. The fourth-order valence-electron chi connectivity index (χ4n) is 3.93. The van der Waals surface area contributed by atoms with Crippen molar-refractivity contribution in [3.63, 3.8) is 0 Å². The van der Waals surface area contributed by atoms with Crippen LogP contribution < -0.4 is 5.56 Å². The van der Waals surface area contributed by atoms with E-state index in [9.17, 15) is 27.5 Å². The molecule has 0 saturated heterocycles. The maximum Gasteiger partial charge on any atom is 0.323 e. The fourth-order valence-corrected chi connectivity index (χ4v) is 4.83. The van der Waals surface area contributed by atoms with Crippen molar-refractivity contribution in [3.8, 4) is 11.3 Å². The number of carboxylic acids is 1. The monoisotopic (exact) mass is 469 g/mol. The van der Waals surface area contributed by atoms with Gasteiger partial charge in [0.05, 0.1) is 22.7 Å². The lowest BCUT2D eigenvalue weighted by Gasteiger charge is -2.09. The number of hydrogen-bond donors (Lipinski definition) is 1. The number of aliphatic carboxylic acids is 1. The summed E-state index contributed by atoms with van der Waals surface area (Å²) in [5, 5.41) is 14.1. The van der Waals surface area contributed by atoms with Gasteiger partial charge in [-0.2, -0.15) is 5.10 Å². The van der Waals surface area contributed by atoms with Crippen LogP contribution in [0.15, 0.2) is 64.3 Å². The van der Waals surface area contributed by atoms with Crippen LogP contribution in [0.4, 0.5) is 4.39 Å². The summed E-state index contributed by atoms with van der Waals surface area (Å²) in [6.45, 7) is 1.28. The van der Waals surface area contributed by atoms with Crippen LogP contribution in [0.1, 0.15) is 11.3 Å². The minimum absolute atomic E-state index is 0.0800. The van der Waals surface area contributed by atoms with E-state index in [-0.39, 0.29) is 27.9 Å². The van der Waals surface area contributed by atoms with Crippen LogP contribution in [-0.2, 0) is 27.7 Å². The summed E-state index contributed by atoms with van der Waals surface area (Å²) in [6.07, 6.45) is 0.937. The molecule has 8 nitrogen and oxygen atoms in total. The summed E-state index contributed by atoms with van der Waals surface area (Å²) < 4.78 is 41.9. The largest absolute Gasteiger partial charge is 0.480 e. The second-order valence-electron chi connectivity index (χ2n) is 7.71. The lowest BCUT2D eigenvalue weighted by atomic mass is 10.1. The van der Waals surface area contributed by atoms with E-state index < -0.39 is 28.2 Å². The number of nitrogens with zero attached hydrogens (tertiary/aromatic N) is 3. The number of fused-ring (bicyclic) bond motifs is 1. The van der Waals surface area contributed by atoms with Crippen LogP contribution >= 0.6 is 0 Å². The first-order chi connectivity index (χ1) is 15.6. The number of benzene rings is 2. The normalized spacial score (nSPS) is 11.7. The molecule has 33 heavy (non-hydrogen) atoms. The van der Waals surface area contributed by atoms with Gasteiger partial charge in [0.1, 0.15) is 12.4 Å². The van der Waals surface area contributed by atoms with Gasteiger partial charge in [-0.1, -0.05) is 30.3 Å². The maximum atomic E-state index is 14.5. The molecular weight excluding hydrogens is 449 g/mol. The quantitative estimate of drug-likeness (QED) is 0.465. The van der Waals surface area contributed by atoms with E-state index >= 15 is 0 Å². The van der Waals surface area contributed by atoms with E-state index in [1.807, 2.05) is 30.3 Å². The number of aromatic nitrogens is 3. The highest BCUT2D eigenvalue weighted by Gasteiger charge is 2.25. The van der Waals surface area contributed by atoms with E-state index in [1.165, 1.54) is 21.4 Å². The molecule has 0 aliphatic carbocycles. The Morgan fingerprint density at radius 1 is 1.12 bits per heavy atom. The van der Waals surface area contributed by atoms with Gasteiger partial charge in [0.15, 0.2) is 9.84 Å². The second-order valence-corrected chi connectivity index (χ2v) is 9.70. The molecule has 0 saturated carbocycles. The standard InChI is InChI=1S/C23H20FN3O5S/c1-14-22(18-8-9-20(28)27(25-18)12-15-6-4-3-5-7-15)17-10-16(24)11-19(33(2,31)32)23(17)26(14)13-21(29)30/h3-11H,12-13H2,1-2H3,(H,29,30). The molecule has 0 fully saturated rings. The molecule has 0 bridgehead atoms. The molecule has 0 unspecified atom stereocenters. The van der Waals surface area contributed by atoms with Crippen molar-refractivity contribution >= 4 is 26.7 Å². The van der Waals surface area contributed by atoms with E-state index in [2.05, 4.69) is 5.10 Å². The Bertz CT molecular complexity index is 1560. The average molecular weight is 469 g/mol. The predicted octanol–water partition coefficient (Wildman–Crippen LogP) is 2.85. The molecular formula is C23H20FN3O5S. The Balaban J connectivity index is 2.02. The fraction of sp³-hybridized carbons (Fsp3) is 0.174. The number of rotatable bonds is 6. The second kappa shape index (κ2) is 8.28. The first-order valence-electron chi connectivity index (χ1n) is 9.93. The molecule has 170 valence electrons. The van der Waals surface area contributed by atoms with Gasteiger partial charge in [0.25, 0.3) is 5.56 Å². The van der Waals surface area contributed by atoms with Gasteiger partial charge in [0.2, 0.25) is 0 Å². The van der Waals surface area contributed by atoms with Crippen molar-refractivity contribution in [1.29, 1.82) is 0 Å². The SMILES string of the molecule is Cc1c(-c2ccc(=O)n(Cc3ccccc3)n2)c2cc(F)cc(S(C)(=O)=O)c2n1CC(=O)O. The number of halogens is 1. The summed E-state index contributed by atoms with van der Waals surface area (Å²) >= 11 is 0. The van der Waals surface area contributed by atoms with Gasteiger partial charge >= 0.3 is 5.97 Å². The highest BCUT2D eigenvalue weighted by Crippen LogP contribution is 2.37. The van der Waals surface area contributed by atoms with E-state index in [0.29, 0.717) is 17.0 Å². The summed E-state index contributed by atoms with van der Waals surface area (Å²) in [7, 11) is -3.88. The highest BCUT2D eigenvalue weighted by molar-refractivity contribution is 7.91. The average Bonchev–Trinajstić information content (AvgIpc) is 3.00. The van der Waals surface area contributed by atoms with Crippen molar-refractivity contribution < 1.29 is 22.7 Å². The van der Waals surface area contributed by atoms with Crippen molar-refractivity contribution in [2.45, 2.75) is 24.9 Å². The van der Waals surface area contributed by atoms with Gasteiger partial charge in [0, 0.05) is 29.0 Å². The maximum absolute atomic E-state index is 14.5. The molecule has 0 radical (unpaired) electrons. The Hall–Kier alpha value is -3.79. The lowest BCUT2D eigenvalue weighted by molar-refractivity contribution is -0.137. The van der Waals surface area contributed by atoms with Gasteiger partial charge < -0.3 is 9.67 Å². The first kappa shape index (κ1) is 22.4. The predicted molar refractivity (Wildman–Crippen MR) is 120 cm³/mol. The number of carboxylic acid groups (broad SMARTS) is 1. The molecule has 0 amide bonds. The van der Waals surface area contributed by atoms with Crippen LogP contribution in [0.25, 0.3) is 22.2 Å². The third-order valence-corrected chi connectivity index (χ3v) is 6.45. The zero-order chi connectivity index (χ0) is 23.9. The molecule has 2 heterocycles. The number of hydrogen-bond acceptors (Lipinski definition) is 5. The van der Waals surface area contributed by atoms with E-state index in [0.717, 1.165) is 24.0 Å². The molecule has 0 atom stereocenters. The summed E-state index contributed by atoms with van der Waals surface area (Å²) in [4.78, 5) is 23.6. The van der Waals surface area contributed by atoms with Gasteiger partial charge in [-0.3, -0.25) is 9.59 Å². The van der Waals surface area contributed by atoms with Crippen LogP contribution in [-0.4, -0.2) is 40.1 Å². The lowest BCUT2D eigenvalue weighted by Crippen LogP contribution is -2.22. The molecule has 0 aliphatic heterocycles. The van der Waals surface area contributed by atoms with Gasteiger partial charge in [-0.15, -0.1) is 0 Å². The third kappa shape index (κ3) is 4.29. The van der Waals surface area contributed by atoms with Gasteiger partial charge in [-0.25, -0.2) is 17.5 Å². The molecule has 0 spiro atoms. The third-order valence-electron chi connectivity index (χ3n) is 5.34. The van der Waals surface area contributed by atoms with E-state index in [4.69, 9.17) is 0 Å². The molecule has 1 N–H and O–H groups in total. The van der Waals surface area contributed by atoms with Crippen LogP contribution in [0.3, 0.4) is 0 Å². The Kier molecular flexibility index (Phi) is 5.62. The van der Waals surface area contributed by atoms with Gasteiger partial charge in [-0.05, 0) is 30.7 Å². The molecule has 10 heteroatoms. The number of sulfone groups is 1. The van der Waals surface area contributed by atoms with Crippen molar-refractivity contribution in [1.82, 2.24) is 14.3 Å².